The molecule has 2 unspecified atom stereocenters. The lowest BCUT2D eigenvalue weighted by atomic mass is 9.89. The van der Waals surface area contributed by atoms with Gasteiger partial charge in [0.2, 0.25) is 6.41 Å². The summed E-state index contributed by atoms with van der Waals surface area (Å²) < 4.78 is 0. The van der Waals surface area contributed by atoms with Gasteiger partial charge < -0.3 is 4.90 Å². The van der Waals surface area contributed by atoms with Gasteiger partial charge in [0.25, 0.3) is 0 Å². The van der Waals surface area contributed by atoms with Crippen LogP contribution in [0.4, 0.5) is 0 Å². The minimum absolute atomic E-state index is 0.111. The number of carbonyl (C=O) groups is 1. The molecule has 3 heteroatoms. The van der Waals surface area contributed by atoms with Crippen LogP contribution in [-0.2, 0) is 17.8 Å². The van der Waals surface area contributed by atoms with E-state index in [1.807, 2.05) is 11.0 Å². The molecule has 1 heterocycles. The molecule has 28 heavy (non-hydrogen) atoms. The summed E-state index contributed by atoms with van der Waals surface area (Å²) in [4.78, 5) is 16.4. The highest BCUT2D eigenvalue weighted by Crippen LogP contribution is 2.33. The third kappa shape index (κ3) is 4.15. The molecule has 1 aliphatic rings. The smallest absolute Gasteiger partial charge is 0.210 e. The maximum absolute atomic E-state index is 11.9. The van der Waals surface area contributed by atoms with Crippen LogP contribution in [-0.4, -0.2) is 35.3 Å². The van der Waals surface area contributed by atoms with E-state index in [9.17, 15) is 4.79 Å². The Morgan fingerprint density at radius 3 is 1.93 bits per heavy atom. The van der Waals surface area contributed by atoms with Crippen LogP contribution in [0.3, 0.4) is 0 Å². The summed E-state index contributed by atoms with van der Waals surface area (Å²) >= 11 is 0. The molecular weight excluding hydrogens is 344 g/mol. The fourth-order valence-electron chi connectivity index (χ4n) is 4.27. The van der Waals surface area contributed by atoms with Crippen molar-refractivity contribution in [2.75, 3.05) is 13.1 Å². The lowest BCUT2D eigenvalue weighted by molar-refractivity contribution is -0.125. The van der Waals surface area contributed by atoms with Gasteiger partial charge >= 0.3 is 0 Å². The predicted octanol–water partition coefficient (Wildman–Crippen LogP) is 4.31. The minimum Gasteiger partial charge on any atom is -0.339 e. The summed E-state index contributed by atoms with van der Waals surface area (Å²) in [5, 5.41) is 0. The highest BCUT2D eigenvalue weighted by molar-refractivity contribution is 5.49. The average Bonchev–Trinajstić information content (AvgIpc) is 2.76. The second-order valence-corrected chi connectivity index (χ2v) is 7.41. The van der Waals surface area contributed by atoms with Gasteiger partial charge in [-0.05, 0) is 23.1 Å². The molecule has 0 radical (unpaired) electrons. The van der Waals surface area contributed by atoms with Gasteiger partial charge in [-0.25, -0.2) is 0 Å². The van der Waals surface area contributed by atoms with E-state index in [1.54, 1.807) is 0 Å². The molecule has 0 N–H and O–H groups in total. The van der Waals surface area contributed by atoms with Gasteiger partial charge in [0, 0.05) is 19.6 Å². The molecule has 0 aliphatic carbocycles. The number of hydrogen-bond donors (Lipinski definition) is 0. The Balaban J connectivity index is 1.69. The largest absolute Gasteiger partial charge is 0.339 e. The van der Waals surface area contributed by atoms with Crippen LogP contribution in [0, 0.1) is 0 Å². The number of nitrogens with zero attached hydrogens (tertiary/aromatic N) is 2. The van der Waals surface area contributed by atoms with E-state index in [1.165, 1.54) is 16.7 Å². The van der Waals surface area contributed by atoms with Crippen molar-refractivity contribution in [1.29, 1.82) is 0 Å². The molecule has 1 saturated heterocycles. The molecule has 1 amide bonds. The molecular formula is C25H26N2O. The fraction of sp³-hybridized carbons (Fsp3) is 0.240. The molecule has 3 aromatic rings. The first kappa shape index (κ1) is 18.5. The Morgan fingerprint density at radius 2 is 1.32 bits per heavy atom. The third-order valence-electron chi connectivity index (χ3n) is 5.62. The quantitative estimate of drug-likeness (QED) is 0.604. The van der Waals surface area contributed by atoms with Crippen LogP contribution >= 0.6 is 0 Å². The molecule has 0 bridgehead atoms. The van der Waals surface area contributed by atoms with Crippen molar-refractivity contribution >= 4 is 6.41 Å². The van der Waals surface area contributed by atoms with Gasteiger partial charge in [0.05, 0.1) is 12.1 Å². The SMILES string of the molecule is O=CN1CCN(Cc2ccccc2)C(c2ccccc2)C1Cc1ccccc1. The highest BCUT2D eigenvalue weighted by atomic mass is 16.1. The summed E-state index contributed by atoms with van der Waals surface area (Å²) in [6.45, 7) is 2.52. The van der Waals surface area contributed by atoms with E-state index in [-0.39, 0.29) is 12.1 Å². The Labute approximate surface area is 167 Å². The first-order valence-electron chi connectivity index (χ1n) is 9.93. The molecule has 2 atom stereocenters. The Kier molecular flexibility index (Phi) is 5.83. The van der Waals surface area contributed by atoms with Crippen LogP contribution in [0.25, 0.3) is 0 Å². The van der Waals surface area contributed by atoms with Gasteiger partial charge in [-0.15, -0.1) is 0 Å². The fourth-order valence-corrected chi connectivity index (χ4v) is 4.27. The summed E-state index contributed by atoms with van der Waals surface area (Å²) in [5.74, 6) is 0. The van der Waals surface area contributed by atoms with Crippen LogP contribution < -0.4 is 0 Å². The number of carbonyl (C=O) groups excluding carboxylic acids is 1. The van der Waals surface area contributed by atoms with Crippen molar-refractivity contribution in [2.45, 2.75) is 25.0 Å². The van der Waals surface area contributed by atoms with Crippen molar-refractivity contribution in [2.24, 2.45) is 0 Å². The van der Waals surface area contributed by atoms with Crippen molar-refractivity contribution in [3.8, 4) is 0 Å². The van der Waals surface area contributed by atoms with Gasteiger partial charge in [0.1, 0.15) is 0 Å². The second kappa shape index (κ2) is 8.85. The molecule has 3 nitrogen and oxygen atoms in total. The van der Waals surface area contributed by atoms with Crippen LogP contribution in [0.5, 0.6) is 0 Å². The molecule has 4 rings (SSSR count). The van der Waals surface area contributed by atoms with Crippen LogP contribution in [0.1, 0.15) is 22.7 Å². The summed E-state index contributed by atoms with van der Waals surface area (Å²) in [5.41, 5.74) is 3.84. The Bertz CT molecular complexity index is 867. The molecule has 0 aromatic heterocycles. The summed E-state index contributed by atoms with van der Waals surface area (Å²) in [7, 11) is 0. The zero-order valence-corrected chi connectivity index (χ0v) is 16.0. The second-order valence-electron chi connectivity index (χ2n) is 7.41. The van der Waals surface area contributed by atoms with Gasteiger partial charge in [-0.2, -0.15) is 0 Å². The first-order chi connectivity index (χ1) is 13.8. The van der Waals surface area contributed by atoms with Crippen molar-refractivity contribution in [1.82, 2.24) is 9.80 Å². The lowest BCUT2D eigenvalue weighted by Gasteiger charge is -2.47. The number of amides is 1. The van der Waals surface area contributed by atoms with Gasteiger partial charge in [-0.3, -0.25) is 9.69 Å². The van der Waals surface area contributed by atoms with E-state index in [4.69, 9.17) is 0 Å². The summed E-state index contributed by atoms with van der Waals surface area (Å²) in [6, 6.07) is 32.0. The van der Waals surface area contributed by atoms with Crippen LogP contribution in [0.15, 0.2) is 91.0 Å². The number of piperazine rings is 1. The standard InChI is InChI=1S/C25H26N2O/c28-20-27-17-16-26(19-22-12-6-2-7-13-22)25(23-14-8-3-9-15-23)24(27)18-21-10-4-1-5-11-21/h1-15,20,24-25H,16-19H2. The highest BCUT2D eigenvalue weighted by Gasteiger charge is 2.36. The molecule has 1 aliphatic heterocycles. The monoisotopic (exact) mass is 370 g/mol. The molecule has 1 fully saturated rings. The topological polar surface area (TPSA) is 23.6 Å². The third-order valence-corrected chi connectivity index (χ3v) is 5.62. The number of hydrogen-bond acceptors (Lipinski definition) is 2. The van der Waals surface area contributed by atoms with E-state index in [0.29, 0.717) is 0 Å². The van der Waals surface area contributed by atoms with Gasteiger partial charge in [-0.1, -0.05) is 91.0 Å². The number of benzene rings is 3. The van der Waals surface area contributed by atoms with Crippen molar-refractivity contribution in [3.63, 3.8) is 0 Å². The normalized spacial score (nSPS) is 20.1. The van der Waals surface area contributed by atoms with E-state index < -0.39 is 0 Å². The predicted molar refractivity (Wildman–Crippen MR) is 113 cm³/mol. The lowest BCUT2D eigenvalue weighted by Crippen LogP contribution is -2.54. The molecule has 0 saturated carbocycles. The molecule has 3 aromatic carbocycles. The van der Waals surface area contributed by atoms with Crippen molar-refractivity contribution in [3.05, 3.63) is 108 Å². The van der Waals surface area contributed by atoms with Gasteiger partial charge in [0.15, 0.2) is 0 Å². The Hall–Kier alpha value is -2.91. The summed E-state index contributed by atoms with van der Waals surface area (Å²) in [6.07, 6.45) is 1.88. The molecule has 0 spiro atoms. The maximum Gasteiger partial charge on any atom is 0.210 e. The van der Waals surface area contributed by atoms with E-state index in [0.717, 1.165) is 32.5 Å². The van der Waals surface area contributed by atoms with Crippen LogP contribution in [0.2, 0.25) is 0 Å². The molecule has 142 valence electrons. The van der Waals surface area contributed by atoms with E-state index >= 15 is 0 Å². The number of rotatable bonds is 6. The zero-order valence-electron chi connectivity index (χ0n) is 16.0. The van der Waals surface area contributed by atoms with Crippen molar-refractivity contribution < 1.29 is 4.79 Å². The Morgan fingerprint density at radius 1 is 0.750 bits per heavy atom. The maximum atomic E-state index is 11.9. The zero-order chi connectivity index (χ0) is 19.2. The average molecular weight is 370 g/mol. The first-order valence-corrected chi connectivity index (χ1v) is 9.93. The van der Waals surface area contributed by atoms with E-state index in [2.05, 4.69) is 89.8 Å². The minimum atomic E-state index is 0.111.